The molecule has 0 amide bonds. The van der Waals surface area contributed by atoms with Crippen molar-refractivity contribution in [2.75, 3.05) is 0 Å². The maximum atomic E-state index is 13.0. The highest BCUT2D eigenvalue weighted by atomic mass is 127. The van der Waals surface area contributed by atoms with Crippen LogP contribution in [0.4, 0.5) is 4.39 Å². The molecule has 0 fully saturated rings. The number of halogens is 3. The highest BCUT2D eigenvalue weighted by molar-refractivity contribution is 14.1. The van der Waals surface area contributed by atoms with Crippen molar-refractivity contribution in [3.05, 3.63) is 60.0 Å². The number of aromatic amines is 1. The van der Waals surface area contributed by atoms with Crippen LogP contribution in [0.25, 0.3) is 0 Å². The summed E-state index contributed by atoms with van der Waals surface area (Å²) in [5, 5.41) is 0.336. The Hall–Kier alpha value is -0.950. The lowest BCUT2D eigenvalue weighted by molar-refractivity contribution is 0.627. The molecule has 0 saturated heterocycles. The van der Waals surface area contributed by atoms with Crippen molar-refractivity contribution in [1.82, 2.24) is 9.97 Å². The van der Waals surface area contributed by atoms with Crippen molar-refractivity contribution < 1.29 is 4.39 Å². The van der Waals surface area contributed by atoms with E-state index in [0.29, 0.717) is 20.8 Å². The van der Waals surface area contributed by atoms with Gasteiger partial charge in [0.05, 0.1) is 9.26 Å². The molecule has 0 radical (unpaired) electrons. The summed E-state index contributed by atoms with van der Waals surface area (Å²) in [6.07, 6.45) is 2.05. The molecule has 0 aliphatic rings. The van der Waals surface area contributed by atoms with E-state index < -0.39 is 0 Å². The summed E-state index contributed by atoms with van der Waals surface area (Å²) in [5.41, 5.74) is 1.39. The minimum Gasteiger partial charge on any atom is -0.309 e. The maximum absolute atomic E-state index is 13.0. The zero-order chi connectivity index (χ0) is 14.7. The van der Waals surface area contributed by atoms with E-state index in [1.165, 1.54) is 12.1 Å². The summed E-state index contributed by atoms with van der Waals surface area (Å²) in [7, 11) is 0. The van der Waals surface area contributed by atoms with Gasteiger partial charge in [0, 0.05) is 11.4 Å². The molecule has 0 spiro atoms. The van der Waals surface area contributed by atoms with Gasteiger partial charge >= 0.3 is 0 Å². The second kappa shape index (κ2) is 6.67. The Kier molecular flexibility index (Phi) is 5.15. The summed E-state index contributed by atoms with van der Waals surface area (Å²) >= 11 is 8.00. The van der Waals surface area contributed by atoms with E-state index in [0.717, 1.165) is 24.1 Å². The first-order valence-electron chi connectivity index (χ1n) is 6.22. The van der Waals surface area contributed by atoms with E-state index in [2.05, 4.69) is 9.97 Å². The van der Waals surface area contributed by atoms with Gasteiger partial charge in [-0.15, -0.1) is 0 Å². The largest absolute Gasteiger partial charge is 0.309 e. The molecule has 20 heavy (non-hydrogen) atoms. The smallest absolute Gasteiger partial charge is 0.264 e. The summed E-state index contributed by atoms with van der Waals surface area (Å²) < 4.78 is 13.6. The third-order valence-electron chi connectivity index (χ3n) is 2.84. The van der Waals surface area contributed by atoms with Gasteiger partial charge in [0.1, 0.15) is 11.6 Å². The quantitative estimate of drug-likeness (QED) is 0.787. The molecule has 0 aliphatic heterocycles. The monoisotopic (exact) mass is 406 g/mol. The van der Waals surface area contributed by atoms with Gasteiger partial charge in [0.25, 0.3) is 5.56 Å². The van der Waals surface area contributed by atoms with Crippen LogP contribution in [0.1, 0.15) is 30.4 Å². The van der Waals surface area contributed by atoms with Gasteiger partial charge in [-0.1, -0.05) is 31.0 Å². The molecule has 2 rings (SSSR count). The number of hydrogen-bond acceptors (Lipinski definition) is 2. The van der Waals surface area contributed by atoms with Crippen LogP contribution in [0.15, 0.2) is 23.0 Å². The average Bonchev–Trinajstić information content (AvgIpc) is 2.39. The van der Waals surface area contributed by atoms with Gasteiger partial charge < -0.3 is 4.98 Å². The molecule has 6 heteroatoms. The molecule has 0 unspecified atom stereocenters. The predicted octanol–water partition coefficient (Wildman–Crippen LogP) is 3.71. The highest BCUT2D eigenvalue weighted by Crippen LogP contribution is 2.19. The lowest BCUT2D eigenvalue weighted by atomic mass is 10.1. The molecular formula is C14H13ClFIN2O. The van der Waals surface area contributed by atoms with Crippen molar-refractivity contribution >= 4 is 34.2 Å². The molecule has 2 aromatic rings. The lowest BCUT2D eigenvalue weighted by Crippen LogP contribution is -2.18. The van der Waals surface area contributed by atoms with Gasteiger partial charge in [-0.3, -0.25) is 4.79 Å². The highest BCUT2D eigenvalue weighted by Gasteiger charge is 2.10. The van der Waals surface area contributed by atoms with Crippen molar-refractivity contribution in [2.24, 2.45) is 0 Å². The van der Waals surface area contributed by atoms with Gasteiger partial charge in [-0.25, -0.2) is 9.37 Å². The number of nitrogens with zero attached hydrogens (tertiary/aromatic N) is 1. The summed E-state index contributed by atoms with van der Waals surface area (Å²) in [6.45, 7) is 2.04. The predicted molar refractivity (Wildman–Crippen MR) is 85.8 cm³/mol. The van der Waals surface area contributed by atoms with E-state index in [-0.39, 0.29) is 11.4 Å². The Morgan fingerprint density at radius 3 is 2.85 bits per heavy atom. The van der Waals surface area contributed by atoms with Crippen LogP contribution < -0.4 is 5.56 Å². The van der Waals surface area contributed by atoms with Crippen molar-refractivity contribution in [3.8, 4) is 0 Å². The molecule has 0 bridgehead atoms. The molecule has 1 aromatic heterocycles. The zero-order valence-electron chi connectivity index (χ0n) is 10.8. The van der Waals surface area contributed by atoms with Crippen LogP contribution in [-0.2, 0) is 12.8 Å². The molecule has 1 aromatic carbocycles. The first-order valence-corrected chi connectivity index (χ1v) is 7.68. The third-order valence-corrected chi connectivity index (χ3v) is 4.30. The average molecular weight is 407 g/mol. The molecule has 0 aliphatic carbocycles. The van der Waals surface area contributed by atoms with E-state index >= 15 is 0 Å². The van der Waals surface area contributed by atoms with Gasteiger partial charge in [-0.2, -0.15) is 0 Å². The lowest BCUT2D eigenvalue weighted by Gasteiger charge is -2.07. The van der Waals surface area contributed by atoms with Gasteiger partial charge in [0.2, 0.25) is 0 Å². The maximum Gasteiger partial charge on any atom is 0.264 e. The van der Waals surface area contributed by atoms with Crippen LogP contribution in [0.3, 0.4) is 0 Å². The van der Waals surface area contributed by atoms with E-state index in [4.69, 9.17) is 11.6 Å². The number of hydrogen-bond donors (Lipinski definition) is 1. The number of rotatable bonds is 4. The number of aromatic nitrogens is 2. The Bertz CT molecular complexity index is 687. The molecular weight excluding hydrogens is 394 g/mol. The standard InChI is InChI=1S/C14H13ClFIN2O/c1-2-3-11-13(17)14(20)19-12(18-11)6-8-4-5-9(16)7-10(8)15/h4-5,7H,2-3,6H2,1H3,(H,18,19,20). The van der Waals surface area contributed by atoms with Crippen LogP contribution in [0.5, 0.6) is 0 Å². The third kappa shape index (κ3) is 3.58. The van der Waals surface area contributed by atoms with Crippen LogP contribution in [0.2, 0.25) is 5.02 Å². The van der Waals surface area contributed by atoms with Gasteiger partial charge in [0.15, 0.2) is 0 Å². The minimum atomic E-state index is -0.380. The topological polar surface area (TPSA) is 45.8 Å². The van der Waals surface area contributed by atoms with Crippen molar-refractivity contribution in [2.45, 2.75) is 26.2 Å². The van der Waals surface area contributed by atoms with Gasteiger partial charge in [-0.05, 0) is 46.7 Å². The number of aryl methyl sites for hydroxylation is 1. The second-order valence-electron chi connectivity index (χ2n) is 4.44. The Morgan fingerprint density at radius 1 is 1.45 bits per heavy atom. The Morgan fingerprint density at radius 2 is 2.20 bits per heavy atom. The minimum absolute atomic E-state index is 0.141. The fraction of sp³-hybridized carbons (Fsp3) is 0.286. The van der Waals surface area contributed by atoms with Crippen molar-refractivity contribution in [1.29, 1.82) is 0 Å². The van der Waals surface area contributed by atoms with Crippen LogP contribution in [-0.4, -0.2) is 9.97 Å². The van der Waals surface area contributed by atoms with E-state index in [1.807, 2.05) is 29.5 Å². The Labute approximate surface area is 134 Å². The zero-order valence-corrected chi connectivity index (χ0v) is 13.8. The fourth-order valence-electron chi connectivity index (χ4n) is 1.89. The number of H-pyrrole nitrogens is 1. The number of nitrogens with one attached hydrogen (secondary N) is 1. The second-order valence-corrected chi connectivity index (χ2v) is 5.92. The summed E-state index contributed by atoms with van der Waals surface area (Å²) in [6, 6.07) is 4.21. The molecule has 0 saturated carbocycles. The molecule has 1 heterocycles. The fourth-order valence-corrected chi connectivity index (χ4v) is 2.65. The first kappa shape index (κ1) is 15.4. The normalized spacial score (nSPS) is 10.8. The summed E-state index contributed by atoms with van der Waals surface area (Å²) in [5.74, 6) is 0.168. The molecule has 3 nitrogen and oxygen atoms in total. The molecule has 1 N–H and O–H groups in total. The van der Waals surface area contributed by atoms with Crippen LogP contribution in [0, 0.1) is 9.39 Å². The van der Waals surface area contributed by atoms with E-state index in [1.54, 1.807) is 6.07 Å². The molecule has 106 valence electrons. The Balaban J connectivity index is 2.36. The molecule has 0 atom stereocenters. The SMILES string of the molecule is CCCc1nc(Cc2ccc(F)cc2Cl)[nH]c(=O)c1I. The van der Waals surface area contributed by atoms with E-state index in [9.17, 15) is 9.18 Å². The van der Waals surface area contributed by atoms with Crippen molar-refractivity contribution in [3.63, 3.8) is 0 Å². The first-order chi connectivity index (χ1) is 9.51. The van der Waals surface area contributed by atoms with Crippen LogP contribution >= 0.6 is 34.2 Å². The number of benzene rings is 1. The summed E-state index contributed by atoms with van der Waals surface area (Å²) in [4.78, 5) is 19.1.